The van der Waals surface area contributed by atoms with E-state index in [4.69, 9.17) is 19.5 Å². The fraction of sp³-hybridized carbons (Fsp3) is 0.222. The van der Waals surface area contributed by atoms with Crippen molar-refractivity contribution >= 4 is 5.91 Å². The van der Waals surface area contributed by atoms with Gasteiger partial charge in [0.05, 0.1) is 25.9 Å². The van der Waals surface area contributed by atoms with Gasteiger partial charge in [-0.1, -0.05) is 12.1 Å². The number of hydrogen-bond donors (Lipinski definition) is 1. The van der Waals surface area contributed by atoms with Gasteiger partial charge in [-0.05, 0) is 35.9 Å². The SMILES string of the molecule is COc1ccc(CNC(=O)COc2cccc(C#N)c2)cc1OC. The van der Waals surface area contributed by atoms with E-state index in [1.165, 1.54) is 0 Å². The van der Waals surface area contributed by atoms with Gasteiger partial charge >= 0.3 is 0 Å². The van der Waals surface area contributed by atoms with E-state index >= 15 is 0 Å². The fourth-order valence-corrected chi connectivity index (χ4v) is 2.05. The van der Waals surface area contributed by atoms with Gasteiger partial charge in [-0.25, -0.2) is 0 Å². The molecule has 2 aromatic carbocycles. The van der Waals surface area contributed by atoms with E-state index in [1.54, 1.807) is 50.6 Å². The highest BCUT2D eigenvalue weighted by atomic mass is 16.5. The predicted molar refractivity (Wildman–Crippen MR) is 88.0 cm³/mol. The molecular weight excluding hydrogens is 308 g/mol. The Labute approximate surface area is 140 Å². The lowest BCUT2D eigenvalue weighted by atomic mass is 10.2. The first-order valence-electron chi connectivity index (χ1n) is 7.27. The number of nitrogens with one attached hydrogen (secondary N) is 1. The van der Waals surface area contributed by atoms with E-state index in [1.807, 2.05) is 12.1 Å². The van der Waals surface area contributed by atoms with Crippen molar-refractivity contribution in [3.63, 3.8) is 0 Å². The minimum atomic E-state index is -0.257. The monoisotopic (exact) mass is 326 g/mol. The first kappa shape index (κ1) is 17.2. The van der Waals surface area contributed by atoms with Crippen LogP contribution in [-0.2, 0) is 11.3 Å². The molecule has 0 aromatic heterocycles. The molecule has 0 saturated carbocycles. The number of carbonyl (C=O) groups excluding carboxylic acids is 1. The Morgan fingerprint density at radius 1 is 1.12 bits per heavy atom. The van der Waals surface area contributed by atoms with E-state index in [9.17, 15) is 4.79 Å². The summed E-state index contributed by atoms with van der Waals surface area (Å²) in [7, 11) is 3.13. The zero-order valence-corrected chi connectivity index (χ0v) is 13.5. The number of amides is 1. The molecule has 0 spiro atoms. The van der Waals surface area contributed by atoms with Crippen molar-refractivity contribution in [3.8, 4) is 23.3 Å². The molecule has 2 rings (SSSR count). The molecule has 0 radical (unpaired) electrons. The standard InChI is InChI=1S/C18H18N2O4/c1-22-16-7-6-14(9-17(16)23-2)11-20-18(21)12-24-15-5-3-4-13(8-15)10-19/h3-9H,11-12H2,1-2H3,(H,20,21). The molecule has 0 aliphatic heterocycles. The van der Waals surface area contributed by atoms with E-state index in [2.05, 4.69) is 5.32 Å². The first-order valence-corrected chi connectivity index (χ1v) is 7.27. The molecule has 0 aliphatic carbocycles. The Morgan fingerprint density at radius 2 is 1.92 bits per heavy atom. The topological polar surface area (TPSA) is 80.6 Å². The number of rotatable bonds is 7. The predicted octanol–water partition coefficient (Wildman–Crippen LogP) is 2.27. The second-order valence-electron chi connectivity index (χ2n) is 4.89. The van der Waals surface area contributed by atoms with Gasteiger partial charge in [-0.15, -0.1) is 0 Å². The van der Waals surface area contributed by atoms with Crippen molar-refractivity contribution in [3.05, 3.63) is 53.6 Å². The molecule has 0 bridgehead atoms. The molecule has 6 nitrogen and oxygen atoms in total. The van der Waals surface area contributed by atoms with Gasteiger partial charge in [-0.2, -0.15) is 5.26 Å². The number of hydrogen-bond acceptors (Lipinski definition) is 5. The average molecular weight is 326 g/mol. The zero-order chi connectivity index (χ0) is 17.4. The van der Waals surface area contributed by atoms with Gasteiger partial charge in [0.2, 0.25) is 0 Å². The Bertz CT molecular complexity index is 753. The third kappa shape index (κ3) is 4.65. The lowest BCUT2D eigenvalue weighted by Crippen LogP contribution is -2.28. The van der Waals surface area contributed by atoms with E-state index in [-0.39, 0.29) is 12.5 Å². The number of nitriles is 1. The van der Waals surface area contributed by atoms with E-state index in [0.717, 1.165) is 5.56 Å². The average Bonchev–Trinajstić information content (AvgIpc) is 2.64. The Balaban J connectivity index is 1.86. The van der Waals surface area contributed by atoms with Crippen LogP contribution in [0.1, 0.15) is 11.1 Å². The number of ether oxygens (including phenoxy) is 3. The highest BCUT2D eigenvalue weighted by molar-refractivity contribution is 5.77. The highest BCUT2D eigenvalue weighted by Crippen LogP contribution is 2.27. The lowest BCUT2D eigenvalue weighted by molar-refractivity contribution is -0.123. The Kier molecular flexibility index (Phi) is 6.03. The maximum atomic E-state index is 11.9. The second kappa shape index (κ2) is 8.44. The van der Waals surface area contributed by atoms with Crippen LogP contribution in [0.2, 0.25) is 0 Å². The molecule has 0 aliphatic rings. The summed E-state index contributed by atoms with van der Waals surface area (Å²) in [6.45, 7) is 0.225. The van der Waals surface area contributed by atoms with Crippen LogP contribution >= 0.6 is 0 Å². The van der Waals surface area contributed by atoms with E-state index < -0.39 is 0 Å². The van der Waals surface area contributed by atoms with Crippen LogP contribution in [0.5, 0.6) is 17.2 Å². The van der Waals surface area contributed by atoms with Crippen LogP contribution in [0, 0.1) is 11.3 Å². The van der Waals surface area contributed by atoms with Crippen LogP contribution < -0.4 is 19.5 Å². The Morgan fingerprint density at radius 3 is 2.62 bits per heavy atom. The fourth-order valence-electron chi connectivity index (χ4n) is 2.05. The summed E-state index contributed by atoms with van der Waals surface area (Å²) in [5, 5.41) is 11.6. The minimum Gasteiger partial charge on any atom is -0.493 e. The quantitative estimate of drug-likeness (QED) is 0.844. The molecule has 24 heavy (non-hydrogen) atoms. The zero-order valence-electron chi connectivity index (χ0n) is 13.5. The van der Waals surface area contributed by atoms with Crippen molar-refractivity contribution in [2.24, 2.45) is 0 Å². The second-order valence-corrected chi connectivity index (χ2v) is 4.89. The van der Waals surface area contributed by atoms with Crippen molar-refractivity contribution in [2.45, 2.75) is 6.54 Å². The van der Waals surface area contributed by atoms with Gasteiger partial charge in [0, 0.05) is 6.54 Å². The van der Waals surface area contributed by atoms with Crippen LogP contribution in [0.15, 0.2) is 42.5 Å². The molecule has 0 heterocycles. The van der Waals surface area contributed by atoms with Gasteiger partial charge in [0.1, 0.15) is 5.75 Å². The molecule has 6 heteroatoms. The first-order chi connectivity index (χ1) is 11.7. The summed E-state index contributed by atoms with van der Waals surface area (Å²) in [4.78, 5) is 11.9. The van der Waals surface area contributed by atoms with Crippen molar-refractivity contribution < 1.29 is 19.0 Å². The number of methoxy groups -OCH3 is 2. The van der Waals surface area contributed by atoms with Gasteiger partial charge in [-0.3, -0.25) is 4.79 Å². The summed E-state index contributed by atoms with van der Waals surface area (Å²) < 4.78 is 15.8. The summed E-state index contributed by atoms with van der Waals surface area (Å²) in [6.07, 6.45) is 0. The largest absolute Gasteiger partial charge is 0.493 e. The summed E-state index contributed by atoms with van der Waals surface area (Å²) in [6, 6.07) is 14.1. The van der Waals surface area contributed by atoms with Crippen molar-refractivity contribution in [2.75, 3.05) is 20.8 Å². The smallest absolute Gasteiger partial charge is 0.258 e. The molecule has 2 aromatic rings. The lowest BCUT2D eigenvalue weighted by Gasteiger charge is -2.11. The Hall–Kier alpha value is -3.20. The highest BCUT2D eigenvalue weighted by Gasteiger charge is 2.07. The molecule has 0 fully saturated rings. The molecular formula is C18H18N2O4. The minimum absolute atomic E-state index is 0.123. The summed E-state index contributed by atoms with van der Waals surface area (Å²) in [5.74, 6) is 1.46. The van der Waals surface area contributed by atoms with E-state index in [0.29, 0.717) is 29.4 Å². The maximum absolute atomic E-state index is 11.9. The third-order valence-electron chi connectivity index (χ3n) is 3.27. The maximum Gasteiger partial charge on any atom is 0.258 e. The van der Waals surface area contributed by atoms with Gasteiger partial charge in [0.25, 0.3) is 5.91 Å². The molecule has 1 amide bonds. The van der Waals surface area contributed by atoms with Crippen LogP contribution in [0.3, 0.4) is 0 Å². The molecule has 124 valence electrons. The van der Waals surface area contributed by atoms with Crippen molar-refractivity contribution in [1.82, 2.24) is 5.32 Å². The number of carbonyl (C=O) groups is 1. The van der Waals surface area contributed by atoms with Crippen LogP contribution in [-0.4, -0.2) is 26.7 Å². The summed E-state index contributed by atoms with van der Waals surface area (Å²) >= 11 is 0. The summed E-state index contributed by atoms with van der Waals surface area (Å²) in [5.41, 5.74) is 1.37. The molecule has 0 atom stereocenters. The number of benzene rings is 2. The van der Waals surface area contributed by atoms with Gasteiger partial charge in [0.15, 0.2) is 18.1 Å². The van der Waals surface area contributed by atoms with Crippen LogP contribution in [0.25, 0.3) is 0 Å². The van der Waals surface area contributed by atoms with Crippen molar-refractivity contribution in [1.29, 1.82) is 5.26 Å². The molecule has 0 saturated heterocycles. The third-order valence-corrected chi connectivity index (χ3v) is 3.27. The van der Waals surface area contributed by atoms with Gasteiger partial charge < -0.3 is 19.5 Å². The van der Waals surface area contributed by atoms with Crippen LogP contribution in [0.4, 0.5) is 0 Å². The number of nitrogens with zero attached hydrogens (tertiary/aromatic N) is 1. The molecule has 1 N–H and O–H groups in total. The normalized spacial score (nSPS) is 9.71. The molecule has 0 unspecified atom stereocenters.